The lowest BCUT2D eigenvalue weighted by atomic mass is 10.1. The summed E-state index contributed by atoms with van der Waals surface area (Å²) in [6.07, 6.45) is 5.56. The monoisotopic (exact) mass is 276 g/mol. The largest absolute Gasteiger partial charge is 0.355 e. The molecule has 0 aromatic carbocycles. The third-order valence-electron chi connectivity index (χ3n) is 2.79. The highest BCUT2D eigenvalue weighted by Crippen LogP contribution is 2.39. The lowest BCUT2D eigenvalue weighted by Gasteiger charge is -2.10. The van der Waals surface area contributed by atoms with Gasteiger partial charge in [0.2, 0.25) is 5.91 Å². The summed E-state index contributed by atoms with van der Waals surface area (Å²) in [7, 11) is 8.06. The number of carbonyl (C=O) groups is 1. The number of nitrogens with zero attached hydrogens (tertiary/aromatic N) is 1. The zero-order valence-electron chi connectivity index (χ0n) is 10.9. The molecule has 1 fully saturated rings. The highest BCUT2D eigenvalue weighted by molar-refractivity contribution is 8.77. The third-order valence-corrected chi connectivity index (χ3v) is 5.80. The van der Waals surface area contributed by atoms with Crippen molar-refractivity contribution >= 4 is 27.5 Å². The number of unbranched alkanes of at least 4 members (excludes halogenated alkanes) is 1. The van der Waals surface area contributed by atoms with Gasteiger partial charge in [-0.05, 0) is 33.4 Å². The van der Waals surface area contributed by atoms with Crippen molar-refractivity contribution in [2.24, 2.45) is 0 Å². The van der Waals surface area contributed by atoms with E-state index in [0.29, 0.717) is 6.42 Å². The third kappa shape index (κ3) is 7.95. The van der Waals surface area contributed by atoms with Gasteiger partial charge in [0, 0.05) is 30.5 Å². The van der Waals surface area contributed by atoms with Gasteiger partial charge in [-0.2, -0.15) is 0 Å². The molecule has 0 spiro atoms. The summed E-state index contributed by atoms with van der Waals surface area (Å²) in [5.41, 5.74) is 0. The quantitative estimate of drug-likeness (QED) is 0.545. The Bertz CT molecular complexity index is 219. The Kier molecular flexibility index (Phi) is 8.14. The van der Waals surface area contributed by atoms with Crippen molar-refractivity contribution in [2.75, 3.05) is 32.9 Å². The molecule has 1 N–H and O–H groups in total. The van der Waals surface area contributed by atoms with Crippen molar-refractivity contribution in [3.05, 3.63) is 0 Å². The Hall–Kier alpha value is 0.130. The SMILES string of the molecule is CN(C)CCNC(=O)CCCC[C@@H]1CCSS1. The molecule has 0 radical (unpaired) electrons. The van der Waals surface area contributed by atoms with Crippen molar-refractivity contribution in [1.29, 1.82) is 0 Å². The highest BCUT2D eigenvalue weighted by atomic mass is 33.1. The van der Waals surface area contributed by atoms with Crippen LogP contribution in [0, 0.1) is 0 Å². The second kappa shape index (κ2) is 9.11. The summed E-state index contributed by atoms with van der Waals surface area (Å²) >= 11 is 0. The van der Waals surface area contributed by atoms with Crippen LogP contribution in [0.2, 0.25) is 0 Å². The fraction of sp³-hybridized carbons (Fsp3) is 0.917. The maximum atomic E-state index is 11.5. The molecule has 1 aliphatic rings. The van der Waals surface area contributed by atoms with E-state index in [0.717, 1.165) is 24.8 Å². The van der Waals surface area contributed by atoms with Crippen LogP contribution in [0.4, 0.5) is 0 Å². The maximum Gasteiger partial charge on any atom is 0.220 e. The molecule has 1 atom stereocenters. The minimum Gasteiger partial charge on any atom is -0.355 e. The molecule has 0 saturated carbocycles. The Morgan fingerprint density at radius 1 is 1.41 bits per heavy atom. The minimum atomic E-state index is 0.209. The van der Waals surface area contributed by atoms with E-state index in [1.807, 2.05) is 35.7 Å². The van der Waals surface area contributed by atoms with Crippen molar-refractivity contribution < 1.29 is 4.79 Å². The second-order valence-electron chi connectivity index (χ2n) is 4.73. The molecule has 1 heterocycles. The molecule has 1 aliphatic heterocycles. The molecule has 100 valence electrons. The Morgan fingerprint density at radius 3 is 2.88 bits per heavy atom. The van der Waals surface area contributed by atoms with Crippen LogP contribution < -0.4 is 5.32 Å². The van der Waals surface area contributed by atoms with E-state index in [1.54, 1.807) is 0 Å². The van der Waals surface area contributed by atoms with Gasteiger partial charge in [0.1, 0.15) is 0 Å². The Balaban J connectivity index is 1.89. The van der Waals surface area contributed by atoms with Gasteiger partial charge >= 0.3 is 0 Å². The molecule has 0 bridgehead atoms. The number of carbonyl (C=O) groups excluding carboxylic acids is 1. The second-order valence-corrected chi connectivity index (χ2v) is 7.52. The predicted molar refractivity (Wildman–Crippen MR) is 78.5 cm³/mol. The number of likely N-dealkylation sites (N-methyl/N-ethyl adjacent to an activating group) is 1. The van der Waals surface area contributed by atoms with Gasteiger partial charge in [0.05, 0.1) is 0 Å². The summed E-state index contributed by atoms with van der Waals surface area (Å²) in [6.45, 7) is 1.68. The number of rotatable bonds is 8. The van der Waals surface area contributed by atoms with Crippen LogP contribution in [0.1, 0.15) is 32.1 Å². The van der Waals surface area contributed by atoms with Gasteiger partial charge in [-0.1, -0.05) is 28.0 Å². The van der Waals surface area contributed by atoms with Gasteiger partial charge < -0.3 is 10.2 Å². The molecular formula is C12H24N2OS2. The maximum absolute atomic E-state index is 11.5. The Morgan fingerprint density at radius 2 is 2.24 bits per heavy atom. The summed E-state index contributed by atoms with van der Waals surface area (Å²) in [5, 5.41) is 3.80. The zero-order valence-corrected chi connectivity index (χ0v) is 12.5. The van der Waals surface area contributed by atoms with Gasteiger partial charge in [-0.25, -0.2) is 0 Å². The standard InChI is InChI=1S/C12H24N2OS2/c1-14(2)9-8-13-12(15)6-4-3-5-11-7-10-16-17-11/h11H,3-10H2,1-2H3,(H,13,15)/t11-/m1/s1. The van der Waals surface area contributed by atoms with Crippen LogP contribution in [-0.2, 0) is 4.79 Å². The molecule has 3 nitrogen and oxygen atoms in total. The van der Waals surface area contributed by atoms with Crippen LogP contribution in [-0.4, -0.2) is 49.0 Å². The fourth-order valence-electron chi connectivity index (χ4n) is 1.73. The molecule has 0 unspecified atom stereocenters. The van der Waals surface area contributed by atoms with Crippen LogP contribution in [0.3, 0.4) is 0 Å². The van der Waals surface area contributed by atoms with Crippen molar-refractivity contribution in [1.82, 2.24) is 10.2 Å². The van der Waals surface area contributed by atoms with E-state index in [9.17, 15) is 4.79 Å². The molecule has 0 aliphatic carbocycles. The van der Waals surface area contributed by atoms with E-state index in [-0.39, 0.29) is 5.91 Å². The summed E-state index contributed by atoms with van der Waals surface area (Å²) in [6, 6.07) is 0. The van der Waals surface area contributed by atoms with Crippen molar-refractivity contribution in [3.8, 4) is 0 Å². The number of amides is 1. The van der Waals surface area contributed by atoms with Crippen molar-refractivity contribution in [3.63, 3.8) is 0 Å². The summed E-state index contributed by atoms with van der Waals surface area (Å²) in [5.74, 6) is 1.51. The lowest BCUT2D eigenvalue weighted by Crippen LogP contribution is -2.31. The van der Waals surface area contributed by atoms with E-state index in [4.69, 9.17) is 0 Å². The highest BCUT2D eigenvalue weighted by Gasteiger charge is 2.15. The average Bonchev–Trinajstić information content (AvgIpc) is 2.76. The first-order valence-electron chi connectivity index (χ1n) is 6.38. The molecule has 17 heavy (non-hydrogen) atoms. The molecule has 0 aromatic heterocycles. The summed E-state index contributed by atoms with van der Waals surface area (Å²) < 4.78 is 0. The normalized spacial score (nSPS) is 19.8. The summed E-state index contributed by atoms with van der Waals surface area (Å²) in [4.78, 5) is 13.6. The van der Waals surface area contributed by atoms with E-state index < -0.39 is 0 Å². The average molecular weight is 276 g/mol. The van der Waals surface area contributed by atoms with Crippen LogP contribution in [0.25, 0.3) is 0 Å². The number of hydrogen-bond acceptors (Lipinski definition) is 4. The Labute approximate surface area is 113 Å². The molecule has 1 rings (SSSR count). The van der Waals surface area contributed by atoms with Gasteiger partial charge in [0.15, 0.2) is 0 Å². The van der Waals surface area contributed by atoms with Crippen LogP contribution in [0.15, 0.2) is 0 Å². The van der Waals surface area contributed by atoms with Crippen LogP contribution >= 0.6 is 21.6 Å². The van der Waals surface area contributed by atoms with Gasteiger partial charge in [-0.15, -0.1) is 0 Å². The zero-order chi connectivity index (χ0) is 12.5. The van der Waals surface area contributed by atoms with E-state index in [1.165, 1.54) is 25.0 Å². The fourth-order valence-corrected chi connectivity index (χ4v) is 4.76. The topological polar surface area (TPSA) is 32.3 Å². The number of nitrogens with one attached hydrogen (secondary N) is 1. The minimum absolute atomic E-state index is 0.209. The molecule has 0 aromatic rings. The molecule has 1 amide bonds. The van der Waals surface area contributed by atoms with E-state index in [2.05, 4.69) is 10.2 Å². The first-order chi connectivity index (χ1) is 8.18. The first-order valence-corrected chi connectivity index (χ1v) is 8.76. The van der Waals surface area contributed by atoms with Crippen LogP contribution in [0.5, 0.6) is 0 Å². The molecule has 5 heteroatoms. The predicted octanol–water partition coefficient (Wildman–Crippen LogP) is 2.38. The first kappa shape index (κ1) is 15.2. The smallest absolute Gasteiger partial charge is 0.220 e. The van der Waals surface area contributed by atoms with E-state index >= 15 is 0 Å². The van der Waals surface area contributed by atoms with Gasteiger partial charge in [-0.3, -0.25) is 4.79 Å². The van der Waals surface area contributed by atoms with Crippen molar-refractivity contribution in [2.45, 2.75) is 37.4 Å². The molecular weight excluding hydrogens is 252 g/mol. The van der Waals surface area contributed by atoms with Gasteiger partial charge in [0.25, 0.3) is 0 Å². The molecule has 1 saturated heterocycles. The number of hydrogen-bond donors (Lipinski definition) is 1. The lowest BCUT2D eigenvalue weighted by molar-refractivity contribution is -0.121.